The summed E-state index contributed by atoms with van der Waals surface area (Å²) < 4.78 is 5.67. The number of carbonyl (C=O) groups is 1. The van der Waals surface area contributed by atoms with Crippen molar-refractivity contribution in [3.63, 3.8) is 0 Å². The lowest BCUT2D eigenvalue weighted by atomic mass is 10.1. The molecule has 0 fully saturated rings. The van der Waals surface area contributed by atoms with Gasteiger partial charge in [-0.15, -0.1) is 0 Å². The Balaban J connectivity index is 2.15. The van der Waals surface area contributed by atoms with Gasteiger partial charge in [0, 0.05) is 0 Å². The smallest absolute Gasteiger partial charge is 0.307 e. The van der Waals surface area contributed by atoms with Gasteiger partial charge in [-0.1, -0.05) is 29.8 Å². The topological polar surface area (TPSA) is 46.5 Å². The van der Waals surface area contributed by atoms with Crippen molar-refractivity contribution in [1.82, 2.24) is 0 Å². The molecule has 0 aromatic heterocycles. The van der Waals surface area contributed by atoms with Gasteiger partial charge in [-0.3, -0.25) is 4.79 Å². The number of carboxylic acid groups (broad SMARTS) is 1. The van der Waals surface area contributed by atoms with E-state index in [1.807, 2.05) is 19.1 Å². The van der Waals surface area contributed by atoms with Crippen LogP contribution in [0.5, 0.6) is 11.5 Å². The molecule has 2 aromatic rings. The molecular weight excluding hydrogens is 264 g/mol. The summed E-state index contributed by atoms with van der Waals surface area (Å²) in [6.07, 6.45) is 0.00544. The first-order valence-electron chi connectivity index (χ1n) is 5.79. The van der Waals surface area contributed by atoms with Crippen LogP contribution >= 0.6 is 11.6 Å². The summed E-state index contributed by atoms with van der Waals surface area (Å²) in [7, 11) is 0. The number of aryl methyl sites for hydroxylation is 1. The number of carboxylic acids is 1. The van der Waals surface area contributed by atoms with Gasteiger partial charge in [0.2, 0.25) is 0 Å². The average molecular weight is 277 g/mol. The van der Waals surface area contributed by atoms with E-state index in [1.165, 1.54) is 0 Å². The van der Waals surface area contributed by atoms with E-state index >= 15 is 0 Å². The standard InChI is InChI=1S/C15H13ClO3/c1-10-2-7-13(16)14(8-10)19-12-5-3-11(4-6-12)9-15(17)18/h2-8H,9H2,1H3,(H,17,18). The SMILES string of the molecule is Cc1ccc(Cl)c(Oc2ccc(CC(=O)O)cc2)c1. The first kappa shape index (κ1) is 13.4. The second-order valence-corrected chi connectivity index (χ2v) is 4.66. The normalized spacial score (nSPS) is 10.2. The first-order valence-corrected chi connectivity index (χ1v) is 6.17. The van der Waals surface area contributed by atoms with Gasteiger partial charge in [0.15, 0.2) is 0 Å². The van der Waals surface area contributed by atoms with E-state index in [0.29, 0.717) is 16.5 Å². The maximum absolute atomic E-state index is 10.6. The van der Waals surface area contributed by atoms with Crippen LogP contribution < -0.4 is 4.74 Å². The molecule has 2 rings (SSSR count). The van der Waals surface area contributed by atoms with Crippen LogP contribution in [0.3, 0.4) is 0 Å². The van der Waals surface area contributed by atoms with Crippen molar-refractivity contribution in [3.05, 3.63) is 58.6 Å². The molecule has 0 bridgehead atoms. The van der Waals surface area contributed by atoms with E-state index in [-0.39, 0.29) is 6.42 Å². The van der Waals surface area contributed by atoms with Crippen molar-refractivity contribution >= 4 is 17.6 Å². The summed E-state index contributed by atoms with van der Waals surface area (Å²) in [6.45, 7) is 1.96. The van der Waals surface area contributed by atoms with E-state index < -0.39 is 5.97 Å². The van der Waals surface area contributed by atoms with Crippen LogP contribution in [0.4, 0.5) is 0 Å². The Bertz CT molecular complexity index is 591. The largest absolute Gasteiger partial charge is 0.481 e. The van der Waals surface area contributed by atoms with Gasteiger partial charge < -0.3 is 9.84 Å². The molecule has 0 atom stereocenters. The van der Waals surface area contributed by atoms with Crippen LogP contribution in [0.25, 0.3) is 0 Å². The molecule has 1 N–H and O–H groups in total. The highest BCUT2D eigenvalue weighted by Gasteiger charge is 2.05. The molecule has 0 saturated heterocycles. The summed E-state index contributed by atoms with van der Waals surface area (Å²) in [5, 5.41) is 9.23. The van der Waals surface area contributed by atoms with Crippen LogP contribution in [-0.2, 0) is 11.2 Å². The van der Waals surface area contributed by atoms with Crippen LogP contribution in [0.1, 0.15) is 11.1 Å². The Morgan fingerprint density at radius 2 is 1.89 bits per heavy atom. The lowest BCUT2D eigenvalue weighted by Gasteiger charge is -2.08. The third-order valence-corrected chi connectivity index (χ3v) is 2.91. The van der Waals surface area contributed by atoms with Crippen molar-refractivity contribution in [2.75, 3.05) is 0 Å². The molecule has 98 valence electrons. The molecule has 0 amide bonds. The average Bonchev–Trinajstić information content (AvgIpc) is 2.35. The minimum atomic E-state index is -0.851. The maximum Gasteiger partial charge on any atom is 0.307 e. The number of hydrogen-bond acceptors (Lipinski definition) is 2. The second kappa shape index (κ2) is 5.76. The molecule has 0 radical (unpaired) electrons. The summed E-state index contributed by atoms with van der Waals surface area (Å²) in [5.74, 6) is 0.365. The summed E-state index contributed by atoms with van der Waals surface area (Å²) in [6, 6.07) is 12.5. The molecule has 2 aromatic carbocycles. The van der Waals surface area contributed by atoms with E-state index in [1.54, 1.807) is 30.3 Å². The minimum Gasteiger partial charge on any atom is -0.481 e. The second-order valence-electron chi connectivity index (χ2n) is 4.25. The Hall–Kier alpha value is -2.00. The molecule has 0 spiro atoms. The fraction of sp³-hybridized carbons (Fsp3) is 0.133. The van der Waals surface area contributed by atoms with Gasteiger partial charge in [0.05, 0.1) is 11.4 Å². The third kappa shape index (κ3) is 3.73. The minimum absolute atomic E-state index is 0.00544. The quantitative estimate of drug-likeness (QED) is 0.916. The zero-order chi connectivity index (χ0) is 13.8. The molecule has 0 aliphatic heterocycles. The summed E-state index contributed by atoms with van der Waals surface area (Å²) >= 11 is 6.04. The van der Waals surface area contributed by atoms with Crippen molar-refractivity contribution < 1.29 is 14.6 Å². The van der Waals surface area contributed by atoms with Gasteiger partial charge in [0.25, 0.3) is 0 Å². The Morgan fingerprint density at radius 1 is 1.21 bits per heavy atom. The first-order chi connectivity index (χ1) is 9.04. The predicted molar refractivity (Wildman–Crippen MR) is 74.0 cm³/mol. The highest BCUT2D eigenvalue weighted by atomic mass is 35.5. The number of rotatable bonds is 4. The zero-order valence-electron chi connectivity index (χ0n) is 10.4. The Morgan fingerprint density at radius 3 is 2.53 bits per heavy atom. The molecule has 0 heterocycles. The molecule has 0 aliphatic rings. The molecule has 0 saturated carbocycles. The van der Waals surface area contributed by atoms with E-state index in [0.717, 1.165) is 11.1 Å². The summed E-state index contributed by atoms with van der Waals surface area (Å²) in [5.41, 5.74) is 1.79. The monoisotopic (exact) mass is 276 g/mol. The van der Waals surface area contributed by atoms with Gasteiger partial charge in [-0.05, 0) is 42.3 Å². The summed E-state index contributed by atoms with van der Waals surface area (Å²) in [4.78, 5) is 10.6. The van der Waals surface area contributed by atoms with E-state index in [9.17, 15) is 4.79 Å². The van der Waals surface area contributed by atoms with Crippen LogP contribution in [0, 0.1) is 6.92 Å². The van der Waals surface area contributed by atoms with Crippen LogP contribution in [-0.4, -0.2) is 11.1 Å². The van der Waals surface area contributed by atoms with Gasteiger partial charge in [-0.2, -0.15) is 0 Å². The number of benzene rings is 2. The Kier molecular flexibility index (Phi) is 4.07. The molecule has 0 unspecified atom stereocenters. The van der Waals surface area contributed by atoms with Gasteiger partial charge in [-0.25, -0.2) is 0 Å². The van der Waals surface area contributed by atoms with Crippen molar-refractivity contribution in [1.29, 1.82) is 0 Å². The van der Waals surface area contributed by atoms with Crippen LogP contribution in [0.2, 0.25) is 5.02 Å². The molecule has 4 heteroatoms. The highest BCUT2D eigenvalue weighted by Crippen LogP contribution is 2.30. The molecule has 19 heavy (non-hydrogen) atoms. The van der Waals surface area contributed by atoms with Gasteiger partial charge in [0.1, 0.15) is 11.5 Å². The third-order valence-electron chi connectivity index (χ3n) is 2.59. The van der Waals surface area contributed by atoms with E-state index in [2.05, 4.69) is 0 Å². The van der Waals surface area contributed by atoms with Gasteiger partial charge >= 0.3 is 5.97 Å². The molecule has 3 nitrogen and oxygen atoms in total. The molecular formula is C15H13ClO3. The zero-order valence-corrected chi connectivity index (χ0v) is 11.1. The van der Waals surface area contributed by atoms with Crippen molar-refractivity contribution in [3.8, 4) is 11.5 Å². The van der Waals surface area contributed by atoms with E-state index in [4.69, 9.17) is 21.4 Å². The van der Waals surface area contributed by atoms with Crippen molar-refractivity contribution in [2.24, 2.45) is 0 Å². The van der Waals surface area contributed by atoms with Crippen LogP contribution in [0.15, 0.2) is 42.5 Å². The molecule has 0 aliphatic carbocycles. The number of hydrogen-bond donors (Lipinski definition) is 1. The lowest BCUT2D eigenvalue weighted by Crippen LogP contribution is -1.99. The lowest BCUT2D eigenvalue weighted by molar-refractivity contribution is -0.136. The maximum atomic E-state index is 10.6. The number of ether oxygens (including phenoxy) is 1. The Labute approximate surface area is 116 Å². The van der Waals surface area contributed by atoms with Crippen molar-refractivity contribution in [2.45, 2.75) is 13.3 Å². The highest BCUT2D eigenvalue weighted by molar-refractivity contribution is 6.32. The number of halogens is 1. The predicted octanol–water partition coefficient (Wildman–Crippen LogP) is 4.07. The fourth-order valence-corrected chi connectivity index (χ4v) is 1.82. The fourth-order valence-electron chi connectivity index (χ4n) is 1.67. The number of aliphatic carboxylic acids is 1.